The fourth-order valence-corrected chi connectivity index (χ4v) is 3.91. The van der Waals surface area contributed by atoms with Crippen molar-refractivity contribution in [3.63, 3.8) is 0 Å². The van der Waals surface area contributed by atoms with Gasteiger partial charge in [-0.1, -0.05) is 36.1 Å². The number of anilines is 1. The summed E-state index contributed by atoms with van der Waals surface area (Å²) in [6.07, 6.45) is 0. The molecule has 0 aliphatic carbocycles. The van der Waals surface area contributed by atoms with Crippen molar-refractivity contribution in [2.75, 3.05) is 19.0 Å². The van der Waals surface area contributed by atoms with Crippen molar-refractivity contribution in [1.82, 2.24) is 4.90 Å². The molecule has 88 valence electrons. The summed E-state index contributed by atoms with van der Waals surface area (Å²) in [6.45, 7) is 0. The molecule has 4 rings (SSSR count). The molecule has 0 N–H and O–H groups in total. The molecule has 0 saturated carbocycles. The lowest BCUT2D eigenvalue weighted by molar-refractivity contribution is -0.136. The predicted molar refractivity (Wildman–Crippen MR) is 74.3 cm³/mol. The van der Waals surface area contributed by atoms with E-state index in [0.717, 1.165) is 10.0 Å². The SMILES string of the molecule is CN(C)c1ccc(C2C3SC(=S)N2C3=O)cc1. The molecule has 3 fully saturated rings. The van der Waals surface area contributed by atoms with Gasteiger partial charge in [0.1, 0.15) is 9.57 Å². The number of carbonyl (C=O) groups is 1. The first-order chi connectivity index (χ1) is 8.09. The Morgan fingerprint density at radius 1 is 1.29 bits per heavy atom. The van der Waals surface area contributed by atoms with Crippen LogP contribution in [0, 0.1) is 0 Å². The van der Waals surface area contributed by atoms with Gasteiger partial charge in [0, 0.05) is 19.8 Å². The second kappa shape index (κ2) is 3.71. The van der Waals surface area contributed by atoms with E-state index >= 15 is 0 Å². The number of thioether (sulfide) groups is 1. The molecule has 1 aromatic carbocycles. The van der Waals surface area contributed by atoms with Gasteiger partial charge in [-0.3, -0.25) is 9.69 Å². The fourth-order valence-electron chi connectivity index (χ4n) is 2.24. The van der Waals surface area contributed by atoms with Crippen molar-refractivity contribution in [3.8, 4) is 0 Å². The highest BCUT2D eigenvalue weighted by molar-refractivity contribution is 8.24. The molecule has 0 aromatic heterocycles. The maximum Gasteiger partial charge on any atom is 0.244 e. The van der Waals surface area contributed by atoms with Gasteiger partial charge in [0.15, 0.2) is 0 Å². The number of hydrogen-bond donors (Lipinski definition) is 0. The maximum absolute atomic E-state index is 11.6. The highest BCUT2D eigenvalue weighted by atomic mass is 32.2. The second-order valence-corrected chi connectivity index (χ2v) is 6.22. The van der Waals surface area contributed by atoms with Crippen molar-refractivity contribution in [2.45, 2.75) is 11.3 Å². The number of benzene rings is 1. The summed E-state index contributed by atoms with van der Waals surface area (Å²) in [7, 11) is 4.03. The molecule has 0 radical (unpaired) electrons. The third-order valence-corrected chi connectivity index (χ3v) is 4.82. The summed E-state index contributed by atoms with van der Waals surface area (Å²) in [4.78, 5) is 15.4. The highest BCUT2D eigenvalue weighted by Gasteiger charge is 2.57. The molecular weight excluding hydrogens is 252 g/mol. The minimum Gasteiger partial charge on any atom is -0.378 e. The van der Waals surface area contributed by atoms with Crippen LogP contribution in [0.1, 0.15) is 11.6 Å². The lowest BCUT2D eigenvalue weighted by atomic mass is 9.94. The molecule has 3 heterocycles. The second-order valence-electron chi connectivity index (χ2n) is 4.44. The van der Waals surface area contributed by atoms with Gasteiger partial charge in [-0.25, -0.2) is 0 Å². The fraction of sp³-hybridized carbons (Fsp3) is 0.333. The van der Waals surface area contributed by atoms with Gasteiger partial charge in [0.2, 0.25) is 5.91 Å². The molecule has 3 aliphatic rings. The van der Waals surface area contributed by atoms with Crippen LogP contribution in [0.3, 0.4) is 0 Å². The van der Waals surface area contributed by atoms with E-state index in [1.165, 1.54) is 17.3 Å². The van der Waals surface area contributed by atoms with Crippen LogP contribution < -0.4 is 4.90 Å². The molecule has 3 aliphatic heterocycles. The smallest absolute Gasteiger partial charge is 0.244 e. The Bertz CT molecular complexity index is 490. The summed E-state index contributed by atoms with van der Waals surface area (Å²) >= 11 is 6.68. The first-order valence-corrected chi connectivity index (χ1v) is 6.69. The van der Waals surface area contributed by atoms with Crippen LogP contribution in [-0.2, 0) is 4.79 Å². The number of nitrogens with zero attached hydrogens (tertiary/aromatic N) is 2. The molecule has 3 saturated heterocycles. The first kappa shape index (κ1) is 11.0. The van der Waals surface area contributed by atoms with Crippen molar-refractivity contribution in [3.05, 3.63) is 29.8 Å². The Kier molecular flexibility index (Phi) is 2.41. The average Bonchev–Trinajstić information content (AvgIpc) is 2.80. The predicted octanol–water partition coefficient (Wildman–Crippen LogP) is 2.04. The van der Waals surface area contributed by atoms with E-state index in [4.69, 9.17) is 12.2 Å². The summed E-state index contributed by atoms with van der Waals surface area (Å²) in [6, 6.07) is 8.48. The van der Waals surface area contributed by atoms with Gasteiger partial charge >= 0.3 is 0 Å². The van der Waals surface area contributed by atoms with Crippen LogP contribution in [0.5, 0.6) is 0 Å². The van der Waals surface area contributed by atoms with Gasteiger partial charge in [-0.05, 0) is 17.7 Å². The molecule has 2 unspecified atom stereocenters. The van der Waals surface area contributed by atoms with E-state index in [1.807, 2.05) is 14.1 Å². The molecule has 17 heavy (non-hydrogen) atoms. The zero-order chi connectivity index (χ0) is 12.2. The molecule has 2 bridgehead atoms. The zero-order valence-electron chi connectivity index (χ0n) is 9.58. The van der Waals surface area contributed by atoms with E-state index in [0.29, 0.717) is 0 Å². The van der Waals surface area contributed by atoms with Crippen molar-refractivity contribution < 1.29 is 4.79 Å². The Balaban J connectivity index is 1.87. The Hall–Kier alpha value is -1.07. The van der Waals surface area contributed by atoms with Crippen LogP contribution in [-0.4, -0.2) is 34.5 Å². The van der Waals surface area contributed by atoms with E-state index < -0.39 is 0 Å². The number of carbonyl (C=O) groups excluding carboxylic acids is 1. The lowest BCUT2D eigenvalue weighted by Crippen LogP contribution is -2.50. The van der Waals surface area contributed by atoms with Crippen LogP contribution in [0.25, 0.3) is 0 Å². The first-order valence-electron chi connectivity index (χ1n) is 5.40. The minimum atomic E-state index is 0.0210. The largest absolute Gasteiger partial charge is 0.378 e. The molecular formula is C12H12N2OS2. The van der Waals surface area contributed by atoms with Crippen LogP contribution in [0.2, 0.25) is 0 Å². The summed E-state index contributed by atoms with van der Waals surface area (Å²) < 4.78 is 0.724. The highest BCUT2D eigenvalue weighted by Crippen LogP contribution is 2.51. The maximum atomic E-state index is 11.6. The molecule has 1 aromatic rings. The lowest BCUT2D eigenvalue weighted by Gasteiger charge is -2.36. The van der Waals surface area contributed by atoms with E-state index in [9.17, 15) is 4.79 Å². The van der Waals surface area contributed by atoms with Crippen LogP contribution in [0.4, 0.5) is 5.69 Å². The number of thiocarbonyl (C=S) groups is 1. The van der Waals surface area contributed by atoms with Gasteiger partial charge in [0.05, 0.1) is 6.04 Å². The number of rotatable bonds is 2. The Labute approximate surface area is 110 Å². The third kappa shape index (κ3) is 1.49. The summed E-state index contributed by atoms with van der Waals surface area (Å²) in [5.74, 6) is 0.168. The van der Waals surface area contributed by atoms with Crippen molar-refractivity contribution in [1.29, 1.82) is 0 Å². The Morgan fingerprint density at radius 2 is 1.94 bits per heavy atom. The minimum absolute atomic E-state index is 0.0210. The number of hydrogen-bond acceptors (Lipinski definition) is 4. The monoisotopic (exact) mass is 264 g/mol. The normalized spacial score (nSPS) is 26.1. The summed E-state index contributed by atoms with van der Waals surface area (Å²) in [5.41, 5.74) is 2.34. The van der Waals surface area contributed by atoms with E-state index in [2.05, 4.69) is 29.2 Å². The van der Waals surface area contributed by atoms with E-state index in [-0.39, 0.29) is 17.2 Å². The molecule has 2 atom stereocenters. The van der Waals surface area contributed by atoms with Gasteiger partial charge < -0.3 is 4.90 Å². The van der Waals surface area contributed by atoms with Gasteiger partial charge in [-0.2, -0.15) is 0 Å². The average molecular weight is 264 g/mol. The number of amides is 1. The standard InChI is InChI=1S/C12H12N2OS2/c1-13(2)8-5-3-7(4-6-8)9-10-11(15)14(9)12(16)17-10/h3-6,9-10H,1-2H3. The third-order valence-electron chi connectivity index (χ3n) is 3.22. The summed E-state index contributed by atoms with van der Waals surface area (Å²) in [5, 5.41) is 0.0210. The quantitative estimate of drug-likeness (QED) is 0.602. The molecule has 1 amide bonds. The topological polar surface area (TPSA) is 23.6 Å². The Morgan fingerprint density at radius 3 is 2.35 bits per heavy atom. The molecule has 0 spiro atoms. The van der Waals surface area contributed by atoms with Crippen LogP contribution in [0.15, 0.2) is 24.3 Å². The van der Waals surface area contributed by atoms with E-state index in [1.54, 1.807) is 4.90 Å². The van der Waals surface area contributed by atoms with Gasteiger partial charge in [-0.15, -0.1) is 0 Å². The number of β-lactam (4-membered cyclic amide) rings is 1. The van der Waals surface area contributed by atoms with Crippen LogP contribution >= 0.6 is 24.0 Å². The number of fused-ring (bicyclic) bond motifs is 1. The molecule has 3 nitrogen and oxygen atoms in total. The zero-order valence-corrected chi connectivity index (χ0v) is 11.2. The van der Waals surface area contributed by atoms with Gasteiger partial charge in [0.25, 0.3) is 0 Å². The molecule has 5 heteroatoms. The van der Waals surface area contributed by atoms with Crippen molar-refractivity contribution in [2.24, 2.45) is 0 Å². The van der Waals surface area contributed by atoms with Crippen molar-refractivity contribution >= 4 is 39.9 Å².